The van der Waals surface area contributed by atoms with Gasteiger partial charge in [-0.25, -0.2) is 4.98 Å². The molecule has 2 nitrogen and oxygen atoms in total. The molecular formula is C18H15NO. The van der Waals surface area contributed by atoms with Crippen LogP contribution in [0.4, 0.5) is 0 Å². The number of pyridine rings is 1. The third-order valence-electron chi connectivity index (χ3n) is 3.20. The van der Waals surface area contributed by atoms with Gasteiger partial charge in [-0.05, 0) is 35.4 Å². The lowest BCUT2D eigenvalue weighted by Gasteiger charge is -2.00. The summed E-state index contributed by atoms with van der Waals surface area (Å²) in [6, 6.07) is 20.0. The summed E-state index contributed by atoms with van der Waals surface area (Å²) in [6.07, 6.45) is 4.00. The minimum atomic E-state index is 0.0654. The molecule has 0 aliphatic rings. The third-order valence-corrected chi connectivity index (χ3v) is 3.20. The van der Waals surface area contributed by atoms with Crippen LogP contribution in [0.2, 0.25) is 0 Å². The SMILES string of the molecule is OCc1cccc(C=Cc2ccc3ccccc3n2)c1. The molecule has 0 fully saturated rings. The molecule has 0 spiro atoms. The summed E-state index contributed by atoms with van der Waals surface area (Å²) in [7, 11) is 0. The zero-order chi connectivity index (χ0) is 13.8. The third kappa shape index (κ3) is 2.76. The van der Waals surface area contributed by atoms with Gasteiger partial charge in [0.2, 0.25) is 0 Å². The second-order valence-corrected chi connectivity index (χ2v) is 4.67. The Hall–Kier alpha value is -2.45. The average molecular weight is 261 g/mol. The van der Waals surface area contributed by atoms with Gasteiger partial charge in [-0.2, -0.15) is 0 Å². The van der Waals surface area contributed by atoms with Gasteiger partial charge in [0.25, 0.3) is 0 Å². The first-order valence-electron chi connectivity index (χ1n) is 6.59. The van der Waals surface area contributed by atoms with Gasteiger partial charge in [0, 0.05) is 5.39 Å². The molecule has 0 unspecified atom stereocenters. The Morgan fingerprint density at radius 1 is 0.900 bits per heavy atom. The Balaban J connectivity index is 1.89. The maximum Gasteiger partial charge on any atom is 0.0709 e. The van der Waals surface area contributed by atoms with Crippen molar-refractivity contribution < 1.29 is 5.11 Å². The van der Waals surface area contributed by atoms with Crippen molar-refractivity contribution in [3.05, 3.63) is 77.5 Å². The summed E-state index contributed by atoms with van der Waals surface area (Å²) in [5, 5.41) is 10.3. The number of rotatable bonds is 3. The number of hydrogen-bond donors (Lipinski definition) is 1. The van der Waals surface area contributed by atoms with Crippen LogP contribution in [0.25, 0.3) is 23.1 Å². The highest BCUT2D eigenvalue weighted by Gasteiger charge is 1.95. The lowest BCUT2D eigenvalue weighted by molar-refractivity contribution is 0.282. The van der Waals surface area contributed by atoms with Crippen LogP contribution in [0.3, 0.4) is 0 Å². The minimum Gasteiger partial charge on any atom is -0.392 e. The van der Waals surface area contributed by atoms with Crippen LogP contribution in [-0.4, -0.2) is 10.1 Å². The van der Waals surface area contributed by atoms with E-state index < -0.39 is 0 Å². The summed E-state index contributed by atoms with van der Waals surface area (Å²) in [5.41, 5.74) is 3.90. The van der Waals surface area contributed by atoms with Crippen molar-refractivity contribution in [2.45, 2.75) is 6.61 Å². The number of para-hydroxylation sites is 1. The monoisotopic (exact) mass is 261 g/mol. The summed E-state index contributed by atoms with van der Waals surface area (Å²) >= 11 is 0. The van der Waals surface area contributed by atoms with Crippen LogP contribution in [0, 0.1) is 0 Å². The van der Waals surface area contributed by atoms with Gasteiger partial charge in [-0.1, -0.05) is 48.5 Å². The first-order chi connectivity index (χ1) is 9.85. The van der Waals surface area contributed by atoms with Gasteiger partial charge in [-0.3, -0.25) is 0 Å². The Morgan fingerprint density at radius 3 is 2.70 bits per heavy atom. The number of benzene rings is 2. The highest BCUT2D eigenvalue weighted by molar-refractivity contribution is 5.80. The standard InChI is InChI=1S/C18H15NO/c20-13-15-5-3-4-14(12-15)8-10-17-11-9-16-6-1-2-7-18(16)19-17/h1-12,20H,13H2. The highest BCUT2D eigenvalue weighted by atomic mass is 16.3. The van der Waals surface area contributed by atoms with Crippen molar-refractivity contribution >= 4 is 23.1 Å². The summed E-state index contributed by atoms with van der Waals surface area (Å²) in [5.74, 6) is 0. The van der Waals surface area contributed by atoms with Gasteiger partial charge in [0.05, 0.1) is 17.8 Å². The number of hydrogen-bond acceptors (Lipinski definition) is 2. The van der Waals surface area contributed by atoms with E-state index in [1.165, 1.54) is 0 Å². The molecule has 2 heteroatoms. The van der Waals surface area contributed by atoms with Gasteiger partial charge < -0.3 is 5.11 Å². The van der Waals surface area contributed by atoms with Crippen LogP contribution < -0.4 is 0 Å². The quantitative estimate of drug-likeness (QED) is 0.775. The predicted octanol–water partition coefficient (Wildman–Crippen LogP) is 3.90. The van der Waals surface area contributed by atoms with Gasteiger partial charge in [0.15, 0.2) is 0 Å². The molecule has 2 aromatic carbocycles. The Kier molecular flexibility index (Phi) is 3.57. The molecule has 1 heterocycles. The second-order valence-electron chi connectivity index (χ2n) is 4.67. The van der Waals surface area contributed by atoms with Crippen molar-refractivity contribution in [2.24, 2.45) is 0 Å². The average Bonchev–Trinajstić information content (AvgIpc) is 2.53. The second kappa shape index (κ2) is 5.68. The molecule has 0 bridgehead atoms. The maximum absolute atomic E-state index is 9.13. The molecule has 0 aliphatic carbocycles. The maximum atomic E-state index is 9.13. The van der Waals surface area contributed by atoms with Crippen LogP contribution in [0.1, 0.15) is 16.8 Å². The summed E-state index contributed by atoms with van der Waals surface area (Å²) in [6.45, 7) is 0.0654. The molecule has 0 saturated heterocycles. The first-order valence-corrected chi connectivity index (χ1v) is 6.59. The van der Waals surface area contributed by atoms with E-state index in [0.717, 1.165) is 27.7 Å². The lowest BCUT2D eigenvalue weighted by atomic mass is 10.1. The molecule has 98 valence electrons. The molecule has 20 heavy (non-hydrogen) atoms. The highest BCUT2D eigenvalue weighted by Crippen LogP contribution is 2.14. The van der Waals surface area contributed by atoms with Crippen LogP contribution >= 0.6 is 0 Å². The molecule has 0 aliphatic heterocycles. The zero-order valence-electron chi connectivity index (χ0n) is 11.0. The lowest BCUT2D eigenvalue weighted by Crippen LogP contribution is -1.84. The molecule has 0 saturated carbocycles. The topological polar surface area (TPSA) is 33.1 Å². The van der Waals surface area contributed by atoms with Crippen LogP contribution in [0.5, 0.6) is 0 Å². The van der Waals surface area contributed by atoms with Gasteiger partial charge in [-0.15, -0.1) is 0 Å². The van der Waals surface area contributed by atoms with E-state index in [4.69, 9.17) is 5.11 Å². The molecular weight excluding hydrogens is 246 g/mol. The van der Waals surface area contributed by atoms with E-state index in [-0.39, 0.29) is 6.61 Å². The van der Waals surface area contributed by atoms with E-state index in [0.29, 0.717) is 0 Å². The predicted molar refractivity (Wildman–Crippen MR) is 83.0 cm³/mol. The molecule has 0 radical (unpaired) electrons. The van der Waals surface area contributed by atoms with Crippen molar-refractivity contribution in [3.8, 4) is 0 Å². The summed E-state index contributed by atoms with van der Waals surface area (Å²) < 4.78 is 0. The zero-order valence-corrected chi connectivity index (χ0v) is 11.0. The van der Waals surface area contributed by atoms with E-state index in [9.17, 15) is 0 Å². The van der Waals surface area contributed by atoms with Crippen molar-refractivity contribution in [3.63, 3.8) is 0 Å². The first kappa shape index (κ1) is 12.6. The van der Waals surface area contributed by atoms with E-state index in [1.54, 1.807) is 0 Å². The number of nitrogens with zero attached hydrogens (tertiary/aromatic N) is 1. The minimum absolute atomic E-state index is 0.0654. The van der Waals surface area contributed by atoms with Crippen LogP contribution in [0.15, 0.2) is 60.7 Å². The van der Waals surface area contributed by atoms with Crippen molar-refractivity contribution in [1.29, 1.82) is 0 Å². The van der Waals surface area contributed by atoms with Gasteiger partial charge >= 0.3 is 0 Å². The molecule has 0 amide bonds. The smallest absolute Gasteiger partial charge is 0.0709 e. The largest absolute Gasteiger partial charge is 0.392 e. The van der Waals surface area contributed by atoms with Crippen molar-refractivity contribution in [1.82, 2.24) is 4.98 Å². The number of aromatic nitrogens is 1. The van der Waals surface area contributed by atoms with Crippen LogP contribution in [-0.2, 0) is 6.61 Å². The molecule has 1 N–H and O–H groups in total. The fourth-order valence-electron chi connectivity index (χ4n) is 2.15. The van der Waals surface area contributed by atoms with Crippen molar-refractivity contribution in [2.75, 3.05) is 0 Å². The number of aliphatic hydroxyl groups excluding tert-OH is 1. The Bertz CT molecular complexity index is 762. The van der Waals surface area contributed by atoms with E-state index in [1.807, 2.05) is 60.7 Å². The number of fused-ring (bicyclic) bond motifs is 1. The number of aliphatic hydroxyl groups is 1. The fraction of sp³-hybridized carbons (Fsp3) is 0.0556. The molecule has 3 aromatic rings. The Morgan fingerprint density at radius 2 is 1.80 bits per heavy atom. The molecule has 1 aromatic heterocycles. The summed E-state index contributed by atoms with van der Waals surface area (Å²) in [4.78, 5) is 4.60. The van der Waals surface area contributed by atoms with E-state index >= 15 is 0 Å². The molecule has 0 atom stereocenters. The van der Waals surface area contributed by atoms with Gasteiger partial charge in [0.1, 0.15) is 0 Å². The molecule has 3 rings (SSSR count). The fourth-order valence-corrected chi connectivity index (χ4v) is 2.15. The normalized spacial score (nSPS) is 11.2. The van der Waals surface area contributed by atoms with E-state index in [2.05, 4.69) is 17.1 Å². The Labute approximate surface area is 118 Å².